The van der Waals surface area contributed by atoms with E-state index in [0.29, 0.717) is 39.7 Å². The lowest BCUT2D eigenvalue weighted by Gasteiger charge is -2.15. The Morgan fingerprint density at radius 2 is 1.29 bits per heavy atom. The predicted molar refractivity (Wildman–Crippen MR) is 142 cm³/mol. The Morgan fingerprint density at radius 3 is 1.74 bits per heavy atom. The lowest BCUT2D eigenvalue weighted by Crippen LogP contribution is -2.25. The molecule has 3 rings (SSSR count). The molecule has 0 aromatic heterocycles. The van der Waals surface area contributed by atoms with E-state index in [9.17, 15) is 14.4 Å². The third-order valence-electron chi connectivity index (χ3n) is 5.68. The van der Waals surface area contributed by atoms with Crippen LogP contribution in [0.1, 0.15) is 16.7 Å². The number of carbonyl (C=O) groups is 3. The standard InChI is InChI=1S/C29H29NO8/c1-30(2)27(31)25(16-19-13-23(36-3)17-24(14-19)37-4)20-7-11-22(12-8-20)38-21-9-5-18(6-10-21)15-26(28(32)33)29(34)35/h5-14,16-17,26H,15H2,1-4H3,(H,32,33)(H,34,35)/b25-16+. The maximum absolute atomic E-state index is 13.0. The molecule has 2 N–H and O–H groups in total. The number of rotatable bonds is 11. The molecule has 3 aromatic rings. The molecule has 0 radical (unpaired) electrons. The summed E-state index contributed by atoms with van der Waals surface area (Å²) in [6.45, 7) is 0. The quantitative estimate of drug-likeness (QED) is 0.216. The smallest absolute Gasteiger partial charge is 0.318 e. The number of carboxylic acids is 2. The summed E-state index contributed by atoms with van der Waals surface area (Å²) in [5.74, 6) is -2.25. The van der Waals surface area contributed by atoms with Gasteiger partial charge in [-0.2, -0.15) is 0 Å². The van der Waals surface area contributed by atoms with Crippen molar-refractivity contribution in [1.29, 1.82) is 0 Å². The molecule has 0 aliphatic heterocycles. The number of nitrogens with zero attached hydrogens (tertiary/aromatic N) is 1. The molecule has 0 saturated carbocycles. The van der Waals surface area contributed by atoms with Crippen LogP contribution in [0, 0.1) is 5.92 Å². The van der Waals surface area contributed by atoms with Crippen LogP contribution in [0.15, 0.2) is 66.7 Å². The fourth-order valence-electron chi connectivity index (χ4n) is 3.64. The van der Waals surface area contributed by atoms with Gasteiger partial charge in [0.2, 0.25) is 0 Å². The number of amides is 1. The predicted octanol–water partition coefficient (Wildman–Crippen LogP) is 4.45. The number of likely N-dealkylation sites (N-methyl/N-ethyl adjacent to an activating group) is 1. The van der Waals surface area contributed by atoms with Gasteiger partial charge in [-0.3, -0.25) is 14.4 Å². The number of methoxy groups -OCH3 is 2. The van der Waals surface area contributed by atoms with Crippen LogP contribution in [-0.2, 0) is 20.8 Å². The summed E-state index contributed by atoms with van der Waals surface area (Å²) in [4.78, 5) is 36.8. The largest absolute Gasteiger partial charge is 0.497 e. The molecule has 3 aromatic carbocycles. The molecule has 0 spiro atoms. The summed E-state index contributed by atoms with van der Waals surface area (Å²) < 4.78 is 16.6. The van der Waals surface area contributed by atoms with Gasteiger partial charge >= 0.3 is 11.9 Å². The van der Waals surface area contributed by atoms with E-state index in [2.05, 4.69) is 0 Å². The molecule has 0 atom stereocenters. The van der Waals surface area contributed by atoms with Gasteiger partial charge < -0.3 is 29.3 Å². The third-order valence-corrected chi connectivity index (χ3v) is 5.68. The van der Waals surface area contributed by atoms with Crippen molar-refractivity contribution in [3.8, 4) is 23.0 Å². The Bertz CT molecular complexity index is 1290. The van der Waals surface area contributed by atoms with Crippen molar-refractivity contribution in [2.24, 2.45) is 5.92 Å². The molecule has 38 heavy (non-hydrogen) atoms. The summed E-state index contributed by atoms with van der Waals surface area (Å²) in [7, 11) is 6.48. The molecule has 0 unspecified atom stereocenters. The summed E-state index contributed by atoms with van der Waals surface area (Å²) in [5, 5.41) is 18.1. The topological polar surface area (TPSA) is 123 Å². The Kier molecular flexibility index (Phi) is 9.10. The van der Waals surface area contributed by atoms with Gasteiger partial charge in [-0.25, -0.2) is 0 Å². The molecule has 9 heteroatoms. The Morgan fingerprint density at radius 1 is 0.789 bits per heavy atom. The van der Waals surface area contributed by atoms with Gasteiger partial charge in [0.05, 0.1) is 14.2 Å². The SMILES string of the molecule is COc1cc(/C=C(/C(=O)N(C)C)c2ccc(Oc3ccc(CC(C(=O)O)C(=O)O)cc3)cc2)cc(OC)c1. The lowest BCUT2D eigenvalue weighted by atomic mass is 9.99. The average Bonchev–Trinajstić information content (AvgIpc) is 2.90. The first kappa shape index (κ1) is 27.8. The zero-order valence-electron chi connectivity index (χ0n) is 21.5. The van der Waals surface area contributed by atoms with Crippen LogP contribution in [0.5, 0.6) is 23.0 Å². The number of hydrogen-bond acceptors (Lipinski definition) is 6. The molecule has 198 valence electrons. The Balaban J connectivity index is 1.82. The average molecular weight is 520 g/mol. The van der Waals surface area contributed by atoms with Gasteiger partial charge in [0.15, 0.2) is 5.92 Å². The normalized spacial score (nSPS) is 11.1. The van der Waals surface area contributed by atoms with Crippen LogP contribution in [0.2, 0.25) is 0 Å². The van der Waals surface area contributed by atoms with Crippen LogP contribution < -0.4 is 14.2 Å². The first-order valence-electron chi connectivity index (χ1n) is 11.6. The number of aliphatic carboxylic acids is 2. The summed E-state index contributed by atoms with van der Waals surface area (Å²) in [6.07, 6.45) is 1.64. The first-order valence-corrected chi connectivity index (χ1v) is 11.6. The maximum Gasteiger partial charge on any atom is 0.318 e. The third kappa shape index (κ3) is 7.13. The van der Waals surface area contributed by atoms with Crippen molar-refractivity contribution in [2.45, 2.75) is 6.42 Å². The fourth-order valence-corrected chi connectivity index (χ4v) is 3.64. The van der Waals surface area contributed by atoms with E-state index in [1.54, 1.807) is 89.0 Å². The van der Waals surface area contributed by atoms with Crippen molar-refractivity contribution >= 4 is 29.5 Å². The van der Waals surface area contributed by atoms with E-state index in [0.717, 1.165) is 5.56 Å². The summed E-state index contributed by atoms with van der Waals surface area (Å²) in [6, 6.07) is 18.9. The van der Waals surface area contributed by atoms with E-state index >= 15 is 0 Å². The minimum atomic E-state index is -1.51. The Hall–Kier alpha value is -4.79. The molecule has 0 saturated heterocycles. The fraction of sp³-hybridized carbons (Fsp3) is 0.207. The second-order valence-corrected chi connectivity index (χ2v) is 8.61. The second-order valence-electron chi connectivity index (χ2n) is 8.61. The van der Waals surface area contributed by atoms with Crippen LogP contribution >= 0.6 is 0 Å². The summed E-state index contributed by atoms with van der Waals surface area (Å²) in [5.41, 5.74) is 2.45. The molecule has 0 aliphatic carbocycles. The molecular weight excluding hydrogens is 490 g/mol. The van der Waals surface area contributed by atoms with Gasteiger partial charge in [-0.05, 0) is 65.6 Å². The summed E-state index contributed by atoms with van der Waals surface area (Å²) >= 11 is 0. The van der Waals surface area contributed by atoms with Gasteiger partial charge in [0, 0.05) is 25.7 Å². The minimum Gasteiger partial charge on any atom is -0.497 e. The van der Waals surface area contributed by atoms with Gasteiger partial charge in [-0.1, -0.05) is 24.3 Å². The molecule has 1 amide bonds. The van der Waals surface area contributed by atoms with Crippen molar-refractivity contribution < 1.29 is 38.8 Å². The highest BCUT2D eigenvalue weighted by Crippen LogP contribution is 2.29. The van der Waals surface area contributed by atoms with E-state index in [-0.39, 0.29) is 12.3 Å². The van der Waals surface area contributed by atoms with E-state index in [4.69, 9.17) is 24.4 Å². The molecular formula is C29H29NO8. The monoisotopic (exact) mass is 519 g/mol. The lowest BCUT2D eigenvalue weighted by molar-refractivity contribution is -0.154. The number of benzene rings is 3. The van der Waals surface area contributed by atoms with E-state index in [1.807, 2.05) is 12.1 Å². The number of ether oxygens (including phenoxy) is 3. The highest BCUT2D eigenvalue weighted by atomic mass is 16.5. The molecule has 0 heterocycles. The van der Waals surface area contributed by atoms with Crippen LogP contribution in [0.25, 0.3) is 11.6 Å². The van der Waals surface area contributed by atoms with Crippen molar-refractivity contribution in [3.63, 3.8) is 0 Å². The molecule has 0 aliphatic rings. The highest BCUT2D eigenvalue weighted by molar-refractivity contribution is 6.24. The van der Waals surface area contributed by atoms with Crippen LogP contribution in [0.4, 0.5) is 0 Å². The van der Waals surface area contributed by atoms with Crippen LogP contribution in [-0.4, -0.2) is 61.3 Å². The van der Waals surface area contributed by atoms with Gasteiger partial charge in [0.1, 0.15) is 23.0 Å². The first-order chi connectivity index (χ1) is 18.1. The minimum absolute atomic E-state index is 0.131. The number of carbonyl (C=O) groups excluding carboxylic acids is 1. The zero-order chi connectivity index (χ0) is 27.8. The molecule has 9 nitrogen and oxygen atoms in total. The zero-order valence-corrected chi connectivity index (χ0v) is 21.5. The maximum atomic E-state index is 13.0. The highest BCUT2D eigenvalue weighted by Gasteiger charge is 2.25. The van der Waals surface area contributed by atoms with E-state index in [1.165, 1.54) is 4.90 Å². The van der Waals surface area contributed by atoms with Gasteiger partial charge in [-0.15, -0.1) is 0 Å². The Labute approximate surface area is 220 Å². The van der Waals surface area contributed by atoms with Crippen molar-refractivity contribution in [3.05, 3.63) is 83.4 Å². The van der Waals surface area contributed by atoms with Crippen molar-refractivity contribution in [1.82, 2.24) is 4.90 Å². The van der Waals surface area contributed by atoms with Crippen molar-refractivity contribution in [2.75, 3.05) is 28.3 Å². The molecule has 0 bridgehead atoms. The molecule has 0 fully saturated rings. The van der Waals surface area contributed by atoms with Gasteiger partial charge in [0.25, 0.3) is 5.91 Å². The second kappa shape index (κ2) is 12.4. The number of carboxylic acid groups (broad SMARTS) is 2. The number of hydrogen-bond donors (Lipinski definition) is 2. The van der Waals surface area contributed by atoms with E-state index < -0.39 is 17.9 Å². The van der Waals surface area contributed by atoms with Crippen LogP contribution in [0.3, 0.4) is 0 Å².